The number of amides is 1. The van der Waals surface area contributed by atoms with Crippen LogP contribution in [0.2, 0.25) is 0 Å². The number of phenolic OH excluding ortho intramolecular Hbond substituents is 1. The second kappa shape index (κ2) is 6.94. The van der Waals surface area contributed by atoms with Gasteiger partial charge in [-0.05, 0) is 31.5 Å². The number of nitrogens with one attached hydrogen (secondary N) is 2. The first-order valence-electron chi connectivity index (χ1n) is 7.73. The standard InChI is InChI=1S/C17H19N5O2S/c1-10-4-5-13(23)11(2)15(10)20-16(24)14-9-19-17(25-14)18-8-12-6-7-22(3)21-12/h4-7,9,23H,8H2,1-3H3,(H,18,19)(H,20,24). The first kappa shape index (κ1) is 17.0. The van der Waals surface area contributed by atoms with Crippen LogP contribution < -0.4 is 10.6 Å². The normalized spacial score (nSPS) is 10.7. The lowest BCUT2D eigenvalue weighted by Gasteiger charge is -2.11. The molecular weight excluding hydrogens is 338 g/mol. The monoisotopic (exact) mass is 357 g/mol. The minimum Gasteiger partial charge on any atom is -0.508 e. The quantitative estimate of drug-likeness (QED) is 0.653. The molecule has 0 saturated carbocycles. The second-order valence-electron chi connectivity index (χ2n) is 5.72. The fraction of sp³-hybridized carbons (Fsp3) is 0.235. The lowest BCUT2D eigenvalue weighted by Crippen LogP contribution is -2.12. The predicted octanol–water partition coefficient (Wildman–Crippen LogP) is 3.06. The molecule has 0 aliphatic rings. The number of aromatic nitrogens is 3. The Labute approximate surface area is 149 Å². The molecule has 0 fully saturated rings. The highest BCUT2D eigenvalue weighted by Crippen LogP contribution is 2.29. The van der Waals surface area contributed by atoms with E-state index in [0.717, 1.165) is 11.3 Å². The number of aryl methyl sites for hydroxylation is 2. The summed E-state index contributed by atoms with van der Waals surface area (Å²) in [5.74, 6) is -0.0943. The maximum absolute atomic E-state index is 12.5. The predicted molar refractivity (Wildman–Crippen MR) is 98.2 cm³/mol. The fourth-order valence-corrected chi connectivity index (χ4v) is 3.10. The summed E-state index contributed by atoms with van der Waals surface area (Å²) < 4.78 is 1.73. The van der Waals surface area contributed by atoms with E-state index in [0.29, 0.717) is 27.8 Å². The van der Waals surface area contributed by atoms with E-state index in [1.165, 1.54) is 17.5 Å². The third-order valence-electron chi connectivity index (χ3n) is 3.80. The minimum atomic E-state index is -0.250. The minimum absolute atomic E-state index is 0.155. The zero-order valence-corrected chi connectivity index (χ0v) is 15.0. The lowest BCUT2D eigenvalue weighted by molar-refractivity contribution is 0.103. The Morgan fingerprint density at radius 1 is 1.32 bits per heavy atom. The van der Waals surface area contributed by atoms with E-state index >= 15 is 0 Å². The van der Waals surface area contributed by atoms with E-state index < -0.39 is 0 Å². The highest BCUT2D eigenvalue weighted by Gasteiger charge is 2.15. The van der Waals surface area contributed by atoms with Gasteiger partial charge >= 0.3 is 0 Å². The summed E-state index contributed by atoms with van der Waals surface area (Å²) in [5.41, 5.74) is 3.06. The third-order valence-corrected chi connectivity index (χ3v) is 4.76. The Hall–Kier alpha value is -2.87. The summed E-state index contributed by atoms with van der Waals surface area (Å²) in [6.07, 6.45) is 3.41. The first-order valence-corrected chi connectivity index (χ1v) is 8.54. The molecule has 0 spiro atoms. The molecule has 0 unspecified atom stereocenters. The van der Waals surface area contributed by atoms with Crippen LogP contribution in [0.15, 0.2) is 30.6 Å². The molecule has 0 aliphatic carbocycles. The summed E-state index contributed by atoms with van der Waals surface area (Å²) in [5, 5.41) is 20.8. The lowest BCUT2D eigenvalue weighted by atomic mass is 10.1. The number of carbonyl (C=O) groups is 1. The van der Waals surface area contributed by atoms with Gasteiger partial charge in [-0.1, -0.05) is 17.4 Å². The maximum Gasteiger partial charge on any atom is 0.267 e. The number of nitrogens with zero attached hydrogens (tertiary/aromatic N) is 3. The fourth-order valence-electron chi connectivity index (χ4n) is 2.39. The van der Waals surface area contributed by atoms with Crippen molar-refractivity contribution in [2.45, 2.75) is 20.4 Å². The van der Waals surface area contributed by atoms with Crippen molar-refractivity contribution in [1.29, 1.82) is 0 Å². The van der Waals surface area contributed by atoms with Gasteiger partial charge in [0.2, 0.25) is 0 Å². The van der Waals surface area contributed by atoms with Gasteiger partial charge in [0.1, 0.15) is 10.6 Å². The van der Waals surface area contributed by atoms with E-state index in [-0.39, 0.29) is 11.7 Å². The molecule has 7 nitrogen and oxygen atoms in total. The van der Waals surface area contributed by atoms with Gasteiger partial charge in [0.15, 0.2) is 5.13 Å². The number of benzene rings is 1. The van der Waals surface area contributed by atoms with Crippen molar-refractivity contribution in [2.75, 3.05) is 10.6 Å². The first-order chi connectivity index (χ1) is 11.9. The van der Waals surface area contributed by atoms with Crippen LogP contribution >= 0.6 is 11.3 Å². The molecule has 0 atom stereocenters. The summed E-state index contributed by atoms with van der Waals surface area (Å²) in [6.45, 7) is 4.19. The van der Waals surface area contributed by atoms with Crippen LogP contribution in [0.5, 0.6) is 5.75 Å². The Bertz CT molecular complexity index is 916. The molecule has 0 radical (unpaired) electrons. The van der Waals surface area contributed by atoms with E-state index in [4.69, 9.17) is 0 Å². The van der Waals surface area contributed by atoms with Gasteiger partial charge in [0.05, 0.1) is 24.1 Å². The third kappa shape index (κ3) is 3.80. The van der Waals surface area contributed by atoms with E-state index in [2.05, 4.69) is 20.7 Å². The summed E-state index contributed by atoms with van der Waals surface area (Å²) in [4.78, 5) is 17.2. The Morgan fingerprint density at radius 2 is 2.12 bits per heavy atom. The van der Waals surface area contributed by atoms with Crippen LogP contribution in [0, 0.1) is 13.8 Å². The SMILES string of the molecule is Cc1ccc(O)c(C)c1NC(=O)c1cnc(NCc2ccn(C)n2)s1. The number of hydrogen-bond donors (Lipinski definition) is 3. The summed E-state index contributed by atoms with van der Waals surface area (Å²) in [6, 6.07) is 5.30. The maximum atomic E-state index is 12.5. The Kier molecular flexibility index (Phi) is 4.71. The van der Waals surface area contributed by atoms with Gasteiger partial charge in [0, 0.05) is 18.8 Å². The van der Waals surface area contributed by atoms with E-state index in [1.807, 2.05) is 26.2 Å². The van der Waals surface area contributed by atoms with Gasteiger partial charge in [-0.2, -0.15) is 5.10 Å². The van der Waals surface area contributed by atoms with Crippen LogP contribution in [-0.4, -0.2) is 25.8 Å². The van der Waals surface area contributed by atoms with Crippen LogP contribution in [-0.2, 0) is 13.6 Å². The zero-order chi connectivity index (χ0) is 18.0. The molecule has 1 amide bonds. The highest BCUT2D eigenvalue weighted by molar-refractivity contribution is 7.17. The average Bonchev–Trinajstić information content (AvgIpc) is 3.22. The van der Waals surface area contributed by atoms with Crippen LogP contribution in [0.4, 0.5) is 10.8 Å². The topological polar surface area (TPSA) is 92.1 Å². The molecule has 3 rings (SSSR count). The molecule has 130 valence electrons. The van der Waals surface area contributed by atoms with Crippen LogP contribution in [0.1, 0.15) is 26.5 Å². The van der Waals surface area contributed by atoms with Gasteiger partial charge in [-0.15, -0.1) is 0 Å². The van der Waals surface area contributed by atoms with Crippen LogP contribution in [0.3, 0.4) is 0 Å². The second-order valence-corrected chi connectivity index (χ2v) is 6.75. The highest BCUT2D eigenvalue weighted by atomic mass is 32.1. The number of carbonyl (C=O) groups excluding carboxylic acids is 1. The smallest absolute Gasteiger partial charge is 0.267 e. The number of rotatable bonds is 5. The summed E-state index contributed by atoms with van der Waals surface area (Å²) in [7, 11) is 1.86. The van der Waals surface area contributed by atoms with Crippen molar-refractivity contribution in [3.63, 3.8) is 0 Å². The van der Waals surface area contributed by atoms with Gasteiger partial charge in [-0.25, -0.2) is 4.98 Å². The molecular formula is C17H19N5O2S. The number of aromatic hydroxyl groups is 1. The molecule has 3 aromatic rings. The van der Waals surface area contributed by atoms with Crippen molar-refractivity contribution in [1.82, 2.24) is 14.8 Å². The molecule has 25 heavy (non-hydrogen) atoms. The number of thiazole rings is 1. The summed E-state index contributed by atoms with van der Waals surface area (Å²) >= 11 is 1.27. The van der Waals surface area contributed by atoms with Gasteiger partial charge in [-0.3, -0.25) is 9.48 Å². The van der Waals surface area contributed by atoms with Gasteiger partial charge in [0.25, 0.3) is 5.91 Å². The molecule has 1 aromatic carbocycles. The number of phenols is 1. The van der Waals surface area contributed by atoms with Crippen molar-refractivity contribution in [3.8, 4) is 5.75 Å². The largest absolute Gasteiger partial charge is 0.508 e. The number of anilines is 2. The molecule has 0 aliphatic heterocycles. The average molecular weight is 357 g/mol. The number of hydrogen-bond acceptors (Lipinski definition) is 6. The van der Waals surface area contributed by atoms with E-state index in [9.17, 15) is 9.90 Å². The molecule has 8 heteroatoms. The molecule has 3 N–H and O–H groups in total. The molecule has 2 aromatic heterocycles. The van der Waals surface area contributed by atoms with Crippen molar-refractivity contribution < 1.29 is 9.90 Å². The van der Waals surface area contributed by atoms with E-state index in [1.54, 1.807) is 23.7 Å². The Morgan fingerprint density at radius 3 is 2.84 bits per heavy atom. The Balaban J connectivity index is 1.68. The molecule has 0 bridgehead atoms. The van der Waals surface area contributed by atoms with Crippen molar-refractivity contribution in [3.05, 3.63) is 52.3 Å². The molecule has 2 heterocycles. The van der Waals surface area contributed by atoms with Gasteiger partial charge < -0.3 is 15.7 Å². The zero-order valence-electron chi connectivity index (χ0n) is 14.2. The van der Waals surface area contributed by atoms with Crippen LogP contribution in [0.25, 0.3) is 0 Å². The molecule has 0 saturated heterocycles. The van der Waals surface area contributed by atoms with Crippen molar-refractivity contribution in [2.24, 2.45) is 7.05 Å². The van der Waals surface area contributed by atoms with Crippen molar-refractivity contribution >= 4 is 28.1 Å².